The zero-order valence-corrected chi connectivity index (χ0v) is 13.0. The molecule has 2 rings (SSSR count). The van der Waals surface area contributed by atoms with Crippen LogP contribution in [0.15, 0.2) is 27.6 Å². The van der Waals surface area contributed by atoms with E-state index in [0.29, 0.717) is 0 Å². The number of methoxy groups -OCH3 is 1. The Balaban J connectivity index is 1.91. The molecular formula is C14H19BrO2S. The molecule has 1 aliphatic carbocycles. The Hall–Kier alpha value is -0.190. The van der Waals surface area contributed by atoms with E-state index < -0.39 is 0 Å². The summed E-state index contributed by atoms with van der Waals surface area (Å²) in [4.78, 5) is 1.19. The normalized spacial score (nSPS) is 23.9. The molecule has 18 heavy (non-hydrogen) atoms. The number of rotatable bonds is 4. The summed E-state index contributed by atoms with van der Waals surface area (Å²) in [6, 6.07) is 6.11. The Morgan fingerprint density at radius 1 is 1.33 bits per heavy atom. The zero-order valence-electron chi connectivity index (χ0n) is 10.6. The molecule has 100 valence electrons. The molecule has 1 N–H and O–H groups in total. The van der Waals surface area contributed by atoms with Gasteiger partial charge in [-0.15, -0.1) is 11.8 Å². The highest BCUT2D eigenvalue weighted by Crippen LogP contribution is 2.35. The summed E-state index contributed by atoms with van der Waals surface area (Å²) >= 11 is 5.35. The number of hydrogen-bond donors (Lipinski definition) is 1. The molecule has 0 aliphatic heterocycles. The Kier molecular flexibility index (Phi) is 5.39. The number of hydrogen-bond acceptors (Lipinski definition) is 3. The quantitative estimate of drug-likeness (QED) is 0.843. The van der Waals surface area contributed by atoms with Gasteiger partial charge in [-0.1, -0.05) is 15.9 Å². The third-order valence-electron chi connectivity index (χ3n) is 3.42. The highest BCUT2D eigenvalue weighted by atomic mass is 79.9. The minimum absolute atomic E-state index is 0.0633. The average Bonchev–Trinajstić information content (AvgIpc) is 2.38. The summed E-state index contributed by atoms with van der Waals surface area (Å²) in [6.07, 6.45) is 4.14. The van der Waals surface area contributed by atoms with Gasteiger partial charge in [0.1, 0.15) is 5.75 Å². The van der Waals surface area contributed by atoms with Crippen LogP contribution in [0.1, 0.15) is 25.7 Å². The van der Waals surface area contributed by atoms with Gasteiger partial charge in [-0.2, -0.15) is 0 Å². The fraction of sp³-hybridized carbons (Fsp3) is 0.571. The van der Waals surface area contributed by atoms with E-state index in [1.54, 1.807) is 7.11 Å². The van der Waals surface area contributed by atoms with Crippen molar-refractivity contribution in [2.24, 2.45) is 5.92 Å². The van der Waals surface area contributed by atoms with Crippen LogP contribution in [0.5, 0.6) is 5.75 Å². The van der Waals surface area contributed by atoms with Gasteiger partial charge in [0.05, 0.1) is 18.1 Å². The number of benzene rings is 1. The first-order chi connectivity index (χ1) is 8.69. The second-order valence-corrected chi connectivity index (χ2v) is 6.76. The van der Waals surface area contributed by atoms with Gasteiger partial charge in [-0.25, -0.2) is 0 Å². The predicted octanol–water partition coefficient (Wildman–Crippen LogP) is 4.10. The minimum atomic E-state index is -0.0633. The second kappa shape index (κ2) is 6.83. The van der Waals surface area contributed by atoms with Gasteiger partial charge in [0.15, 0.2) is 0 Å². The molecule has 1 aromatic rings. The number of ether oxygens (including phenoxy) is 1. The average molecular weight is 331 g/mol. The zero-order chi connectivity index (χ0) is 13.0. The fourth-order valence-electron chi connectivity index (χ4n) is 2.28. The van der Waals surface area contributed by atoms with Crippen molar-refractivity contribution in [3.8, 4) is 5.75 Å². The SMILES string of the molecule is COc1ccc(Br)cc1SCC1CCC(O)CC1. The Morgan fingerprint density at radius 2 is 2.06 bits per heavy atom. The summed E-state index contributed by atoms with van der Waals surface area (Å²) in [7, 11) is 1.71. The van der Waals surface area contributed by atoms with Gasteiger partial charge in [0.2, 0.25) is 0 Å². The van der Waals surface area contributed by atoms with E-state index in [4.69, 9.17) is 4.74 Å². The van der Waals surface area contributed by atoms with E-state index in [2.05, 4.69) is 22.0 Å². The largest absolute Gasteiger partial charge is 0.496 e. The topological polar surface area (TPSA) is 29.5 Å². The van der Waals surface area contributed by atoms with Crippen molar-refractivity contribution in [1.82, 2.24) is 0 Å². The van der Waals surface area contributed by atoms with Gasteiger partial charge < -0.3 is 9.84 Å². The molecular weight excluding hydrogens is 312 g/mol. The Labute approximate surface area is 121 Å². The lowest BCUT2D eigenvalue weighted by atomic mass is 9.89. The molecule has 0 bridgehead atoms. The van der Waals surface area contributed by atoms with E-state index in [9.17, 15) is 5.11 Å². The molecule has 1 aliphatic rings. The predicted molar refractivity (Wildman–Crippen MR) is 79.4 cm³/mol. The summed E-state index contributed by atoms with van der Waals surface area (Å²) in [5.74, 6) is 2.78. The van der Waals surface area contributed by atoms with Crippen molar-refractivity contribution in [3.63, 3.8) is 0 Å². The maximum atomic E-state index is 9.50. The lowest BCUT2D eigenvalue weighted by Crippen LogP contribution is -2.19. The van der Waals surface area contributed by atoms with E-state index in [0.717, 1.165) is 47.6 Å². The van der Waals surface area contributed by atoms with Crippen LogP contribution in [0.25, 0.3) is 0 Å². The third-order valence-corrected chi connectivity index (χ3v) is 5.18. The maximum Gasteiger partial charge on any atom is 0.132 e. The molecule has 0 saturated heterocycles. The van der Waals surface area contributed by atoms with Gasteiger partial charge in [-0.05, 0) is 49.8 Å². The van der Waals surface area contributed by atoms with Crippen LogP contribution in [0.4, 0.5) is 0 Å². The van der Waals surface area contributed by atoms with Crippen molar-refractivity contribution in [2.45, 2.75) is 36.7 Å². The van der Waals surface area contributed by atoms with E-state index >= 15 is 0 Å². The number of aliphatic hydroxyl groups is 1. The molecule has 0 radical (unpaired) electrons. The standard InChI is InChI=1S/C14H19BrO2S/c1-17-13-7-4-11(15)8-14(13)18-9-10-2-5-12(16)6-3-10/h4,7-8,10,12,16H,2-3,5-6,9H2,1H3. The molecule has 4 heteroatoms. The van der Waals surface area contributed by atoms with Gasteiger partial charge >= 0.3 is 0 Å². The van der Waals surface area contributed by atoms with Crippen LogP contribution >= 0.6 is 27.7 Å². The monoisotopic (exact) mass is 330 g/mol. The number of thioether (sulfide) groups is 1. The van der Waals surface area contributed by atoms with Crippen LogP contribution in [0.3, 0.4) is 0 Å². The van der Waals surface area contributed by atoms with E-state index in [1.165, 1.54) is 4.90 Å². The molecule has 0 amide bonds. The summed E-state index contributed by atoms with van der Waals surface area (Å²) in [5, 5.41) is 9.50. The molecule has 0 unspecified atom stereocenters. The first-order valence-corrected chi connectivity index (χ1v) is 8.11. The fourth-order valence-corrected chi connectivity index (χ4v) is 4.05. The van der Waals surface area contributed by atoms with Crippen molar-refractivity contribution in [2.75, 3.05) is 12.9 Å². The Bertz CT molecular complexity index is 389. The first kappa shape index (κ1) is 14.2. The molecule has 0 aromatic heterocycles. The molecule has 1 fully saturated rings. The minimum Gasteiger partial charge on any atom is -0.496 e. The van der Waals surface area contributed by atoms with Crippen molar-refractivity contribution >= 4 is 27.7 Å². The molecule has 2 nitrogen and oxygen atoms in total. The number of halogens is 1. The van der Waals surface area contributed by atoms with Gasteiger partial charge in [0.25, 0.3) is 0 Å². The molecule has 1 aromatic carbocycles. The van der Waals surface area contributed by atoms with Crippen molar-refractivity contribution in [1.29, 1.82) is 0 Å². The van der Waals surface area contributed by atoms with Crippen LogP contribution in [0, 0.1) is 5.92 Å². The van der Waals surface area contributed by atoms with E-state index in [1.807, 2.05) is 23.9 Å². The highest BCUT2D eigenvalue weighted by Gasteiger charge is 2.19. The summed E-state index contributed by atoms with van der Waals surface area (Å²) in [6.45, 7) is 0. The second-order valence-electron chi connectivity index (χ2n) is 4.78. The first-order valence-electron chi connectivity index (χ1n) is 6.33. The Morgan fingerprint density at radius 3 is 2.72 bits per heavy atom. The summed E-state index contributed by atoms with van der Waals surface area (Å²) < 4.78 is 6.46. The van der Waals surface area contributed by atoms with Crippen LogP contribution in [-0.4, -0.2) is 24.1 Å². The maximum absolute atomic E-state index is 9.50. The third kappa shape index (κ3) is 3.90. The van der Waals surface area contributed by atoms with E-state index in [-0.39, 0.29) is 6.10 Å². The van der Waals surface area contributed by atoms with Crippen molar-refractivity contribution < 1.29 is 9.84 Å². The smallest absolute Gasteiger partial charge is 0.132 e. The summed E-state index contributed by atoms with van der Waals surface area (Å²) in [5.41, 5.74) is 0. The molecule has 1 saturated carbocycles. The van der Waals surface area contributed by atoms with Gasteiger partial charge in [-0.3, -0.25) is 0 Å². The van der Waals surface area contributed by atoms with Crippen LogP contribution < -0.4 is 4.74 Å². The van der Waals surface area contributed by atoms with Crippen molar-refractivity contribution in [3.05, 3.63) is 22.7 Å². The van der Waals surface area contributed by atoms with Crippen LogP contribution in [-0.2, 0) is 0 Å². The molecule has 0 heterocycles. The molecule has 0 spiro atoms. The lowest BCUT2D eigenvalue weighted by molar-refractivity contribution is 0.113. The number of aliphatic hydroxyl groups excluding tert-OH is 1. The lowest BCUT2D eigenvalue weighted by Gasteiger charge is -2.25. The van der Waals surface area contributed by atoms with Gasteiger partial charge in [0, 0.05) is 10.2 Å². The van der Waals surface area contributed by atoms with Crippen LogP contribution in [0.2, 0.25) is 0 Å². The molecule has 0 atom stereocenters. The highest BCUT2D eigenvalue weighted by molar-refractivity contribution is 9.10.